The van der Waals surface area contributed by atoms with Crippen LogP contribution in [0.1, 0.15) is 18.4 Å². The molecule has 0 heterocycles. The first kappa shape index (κ1) is 10.8. The smallest absolute Gasteiger partial charge is 0.127 e. The van der Waals surface area contributed by atoms with Crippen LogP contribution < -0.4 is 5.73 Å². The first-order valence-electron chi connectivity index (χ1n) is 5.04. The lowest BCUT2D eigenvalue weighted by atomic mass is 10.0. The van der Waals surface area contributed by atoms with E-state index in [0.29, 0.717) is 6.42 Å². The second kappa shape index (κ2) is 4.45. The van der Waals surface area contributed by atoms with Crippen LogP contribution in [-0.4, -0.2) is 6.04 Å². The van der Waals surface area contributed by atoms with Crippen LogP contribution in [0.2, 0.25) is 0 Å². The summed E-state index contributed by atoms with van der Waals surface area (Å²) in [6.07, 6.45) is 4.73. The average molecular weight is 270 g/mol. The molecular formula is C12H13BrFN. The maximum atomic E-state index is 13.5. The van der Waals surface area contributed by atoms with Gasteiger partial charge in [0, 0.05) is 10.5 Å². The lowest BCUT2D eigenvalue weighted by Crippen LogP contribution is -2.11. The molecule has 1 nitrogen and oxygen atoms in total. The fourth-order valence-corrected chi connectivity index (χ4v) is 2.21. The van der Waals surface area contributed by atoms with E-state index < -0.39 is 0 Å². The Bertz CT molecular complexity index is 401. The first-order valence-corrected chi connectivity index (χ1v) is 5.83. The summed E-state index contributed by atoms with van der Waals surface area (Å²) in [5.41, 5.74) is 7.77. The Hall–Kier alpha value is -0.670. The van der Waals surface area contributed by atoms with Gasteiger partial charge in [0.1, 0.15) is 5.82 Å². The van der Waals surface area contributed by atoms with Crippen molar-refractivity contribution in [1.82, 2.24) is 0 Å². The maximum Gasteiger partial charge on any atom is 0.127 e. The SMILES string of the molecule is NC1C=C(Cc2ccc(Br)cc2F)CC1. The van der Waals surface area contributed by atoms with Gasteiger partial charge >= 0.3 is 0 Å². The van der Waals surface area contributed by atoms with Crippen molar-refractivity contribution in [1.29, 1.82) is 0 Å². The molecule has 1 unspecified atom stereocenters. The van der Waals surface area contributed by atoms with E-state index in [-0.39, 0.29) is 11.9 Å². The van der Waals surface area contributed by atoms with Crippen LogP contribution in [0.15, 0.2) is 34.3 Å². The fourth-order valence-electron chi connectivity index (χ4n) is 1.88. The van der Waals surface area contributed by atoms with Crippen molar-refractivity contribution in [2.45, 2.75) is 25.3 Å². The summed E-state index contributed by atoms with van der Waals surface area (Å²) >= 11 is 3.24. The molecule has 1 aliphatic carbocycles. The third-order valence-corrected chi connectivity index (χ3v) is 3.17. The van der Waals surface area contributed by atoms with E-state index in [9.17, 15) is 4.39 Å². The van der Waals surface area contributed by atoms with Crippen LogP contribution in [0, 0.1) is 5.82 Å². The largest absolute Gasteiger partial charge is 0.324 e. The summed E-state index contributed by atoms with van der Waals surface area (Å²) in [6, 6.07) is 5.36. The minimum Gasteiger partial charge on any atom is -0.324 e. The number of nitrogens with two attached hydrogens (primary N) is 1. The fraction of sp³-hybridized carbons (Fsp3) is 0.333. The topological polar surface area (TPSA) is 26.0 Å². The second-order valence-electron chi connectivity index (χ2n) is 3.94. The molecule has 0 bridgehead atoms. The maximum absolute atomic E-state index is 13.5. The Kier molecular flexibility index (Phi) is 3.22. The molecule has 0 aromatic heterocycles. The van der Waals surface area contributed by atoms with E-state index in [4.69, 9.17) is 5.73 Å². The lowest BCUT2D eigenvalue weighted by molar-refractivity contribution is 0.611. The molecule has 0 saturated carbocycles. The van der Waals surface area contributed by atoms with Crippen LogP contribution in [0.25, 0.3) is 0 Å². The van der Waals surface area contributed by atoms with E-state index in [2.05, 4.69) is 22.0 Å². The average Bonchev–Trinajstić information content (AvgIpc) is 2.56. The van der Waals surface area contributed by atoms with Gasteiger partial charge in [-0.3, -0.25) is 0 Å². The summed E-state index contributed by atoms with van der Waals surface area (Å²) in [7, 11) is 0. The number of rotatable bonds is 2. The highest BCUT2D eigenvalue weighted by atomic mass is 79.9. The molecule has 80 valence electrons. The monoisotopic (exact) mass is 269 g/mol. The van der Waals surface area contributed by atoms with Gasteiger partial charge in [0.15, 0.2) is 0 Å². The Morgan fingerprint density at radius 3 is 2.87 bits per heavy atom. The van der Waals surface area contributed by atoms with Crippen molar-refractivity contribution in [3.8, 4) is 0 Å². The van der Waals surface area contributed by atoms with Gasteiger partial charge in [0.05, 0.1) is 0 Å². The van der Waals surface area contributed by atoms with Crippen molar-refractivity contribution in [3.63, 3.8) is 0 Å². The van der Waals surface area contributed by atoms with Crippen LogP contribution in [0.4, 0.5) is 4.39 Å². The van der Waals surface area contributed by atoms with Gasteiger partial charge in [-0.05, 0) is 37.0 Å². The zero-order chi connectivity index (χ0) is 10.8. The van der Waals surface area contributed by atoms with Gasteiger partial charge in [-0.15, -0.1) is 0 Å². The van der Waals surface area contributed by atoms with E-state index in [0.717, 1.165) is 22.9 Å². The molecule has 1 aromatic rings. The first-order chi connectivity index (χ1) is 7.15. The minimum atomic E-state index is -0.147. The standard InChI is InChI=1S/C12H13BrFN/c13-10-3-2-9(12(14)7-10)5-8-1-4-11(15)6-8/h2-3,6-7,11H,1,4-5,15H2. The molecule has 3 heteroatoms. The van der Waals surface area contributed by atoms with E-state index in [1.54, 1.807) is 0 Å². The number of benzene rings is 1. The van der Waals surface area contributed by atoms with Crippen LogP contribution >= 0.6 is 15.9 Å². The quantitative estimate of drug-likeness (QED) is 0.821. The number of hydrogen-bond acceptors (Lipinski definition) is 1. The van der Waals surface area contributed by atoms with Gasteiger partial charge < -0.3 is 5.73 Å². The van der Waals surface area contributed by atoms with Crippen molar-refractivity contribution >= 4 is 15.9 Å². The van der Waals surface area contributed by atoms with Crippen molar-refractivity contribution < 1.29 is 4.39 Å². The molecule has 0 radical (unpaired) electrons. The molecule has 1 aromatic carbocycles. The normalized spacial score (nSPS) is 20.5. The van der Waals surface area contributed by atoms with Crippen molar-refractivity contribution in [2.75, 3.05) is 0 Å². The van der Waals surface area contributed by atoms with Gasteiger partial charge in [0.2, 0.25) is 0 Å². The van der Waals surface area contributed by atoms with Crippen molar-refractivity contribution in [2.24, 2.45) is 5.73 Å². The highest BCUT2D eigenvalue weighted by Gasteiger charge is 2.13. The van der Waals surface area contributed by atoms with Gasteiger partial charge in [-0.2, -0.15) is 0 Å². The van der Waals surface area contributed by atoms with E-state index in [1.165, 1.54) is 11.6 Å². The lowest BCUT2D eigenvalue weighted by Gasteiger charge is -2.04. The molecule has 0 saturated heterocycles. The molecule has 1 atom stereocenters. The predicted molar refractivity (Wildman–Crippen MR) is 63.1 cm³/mol. The van der Waals surface area contributed by atoms with E-state index in [1.807, 2.05) is 12.1 Å². The molecule has 15 heavy (non-hydrogen) atoms. The molecule has 0 aliphatic heterocycles. The predicted octanol–water partition coefficient (Wildman–Crippen LogP) is 3.18. The third-order valence-electron chi connectivity index (χ3n) is 2.68. The summed E-state index contributed by atoms with van der Waals surface area (Å²) in [5, 5.41) is 0. The van der Waals surface area contributed by atoms with E-state index >= 15 is 0 Å². The third kappa shape index (κ3) is 2.67. The van der Waals surface area contributed by atoms with Crippen LogP contribution in [0.5, 0.6) is 0 Å². The Labute approximate surface area is 97.3 Å². The molecule has 0 fully saturated rings. The Balaban J connectivity index is 2.14. The zero-order valence-electron chi connectivity index (χ0n) is 8.34. The molecule has 2 N–H and O–H groups in total. The second-order valence-corrected chi connectivity index (χ2v) is 4.86. The molecule has 0 amide bonds. The van der Waals surface area contributed by atoms with Crippen LogP contribution in [-0.2, 0) is 6.42 Å². The summed E-state index contributed by atoms with van der Waals surface area (Å²) in [5.74, 6) is -0.147. The molecule has 2 rings (SSSR count). The molecule has 1 aliphatic rings. The van der Waals surface area contributed by atoms with Crippen molar-refractivity contribution in [3.05, 3.63) is 45.7 Å². The molecule has 0 spiro atoms. The number of hydrogen-bond donors (Lipinski definition) is 1. The summed E-state index contributed by atoms with van der Waals surface area (Å²) in [4.78, 5) is 0. The Morgan fingerprint density at radius 2 is 2.27 bits per heavy atom. The minimum absolute atomic E-state index is 0.147. The van der Waals surface area contributed by atoms with Gasteiger partial charge in [0.25, 0.3) is 0 Å². The molecular weight excluding hydrogens is 257 g/mol. The summed E-state index contributed by atoms with van der Waals surface area (Å²) in [6.45, 7) is 0. The highest BCUT2D eigenvalue weighted by Crippen LogP contribution is 2.23. The highest BCUT2D eigenvalue weighted by molar-refractivity contribution is 9.10. The zero-order valence-corrected chi connectivity index (χ0v) is 9.93. The van der Waals surface area contributed by atoms with Crippen LogP contribution in [0.3, 0.4) is 0 Å². The number of allylic oxidation sites excluding steroid dienone is 1. The Morgan fingerprint density at radius 1 is 1.47 bits per heavy atom. The van der Waals surface area contributed by atoms with Gasteiger partial charge in [-0.1, -0.05) is 33.6 Å². The summed E-state index contributed by atoms with van der Waals surface area (Å²) < 4.78 is 14.3. The number of halogens is 2. The van der Waals surface area contributed by atoms with Gasteiger partial charge in [-0.25, -0.2) is 4.39 Å².